The maximum atomic E-state index is 12.4. The Balaban J connectivity index is 1.84. The first-order valence-corrected chi connectivity index (χ1v) is 8.58. The lowest BCUT2D eigenvalue weighted by Gasteiger charge is -2.24. The van der Waals surface area contributed by atoms with Crippen LogP contribution in [0.4, 0.5) is 5.82 Å². The molecule has 2 aromatic heterocycles. The van der Waals surface area contributed by atoms with Crippen molar-refractivity contribution < 1.29 is 14.3 Å². The second-order valence-corrected chi connectivity index (χ2v) is 6.34. The van der Waals surface area contributed by atoms with Crippen molar-refractivity contribution in [2.75, 3.05) is 12.4 Å². The summed E-state index contributed by atoms with van der Waals surface area (Å²) in [7, 11) is 1.32. The molecule has 7 nitrogen and oxygen atoms in total. The molecule has 27 heavy (non-hydrogen) atoms. The number of aromatic nitrogens is 3. The number of methoxy groups -OCH3 is 1. The number of hydrogen-bond donors (Lipinski definition) is 1. The predicted octanol–water partition coefficient (Wildman–Crippen LogP) is 2.84. The number of nitrogens with one attached hydrogen (secondary N) is 1. The summed E-state index contributed by atoms with van der Waals surface area (Å²) < 4.78 is 6.49. The quantitative estimate of drug-likeness (QED) is 0.724. The molecular formula is C20H18N4O3. The topological polar surface area (TPSA) is 86.1 Å². The van der Waals surface area contributed by atoms with Gasteiger partial charge in [0, 0.05) is 23.6 Å². The van der Waals surface area contributed by atoms with E-state index in [2.05, 4.69) is 15.4 Å². The molecule has 1 atom stereocenters. The summed E-state index contributed by atoms with van der Waals surface area (Å²) in [4.78, 5) is 28.7. The molecule has 1 amide bonds. The lowest BCUT2D eigenvalue weighted by molar-refractivity contribution is -0.116. The molecular weight excluding hydrogens is 344 g/mol. The zero-order valence-corrected chi connectivity index (χ0v) is 15.0. The van der Waals surface area contributed by atoms with Crippen molar-refractivity contribution in [3.05, 3.63) is 71.2 Å². The van der Waals surface area contributed by atoms with Crippen LogP contribution in [-0.2, 0) is 9.53 Å². The van der Waals surface area contributed by atoms with Crippen LogP contribution >= 0.6 is 0 Å². The molecule has 0 saturated carbocycles. The molecule has 1 aliphatic heterocycles. The molecule has 1 unspecified atom stereocenters. The third-order valence-corrected chi connectivity index (χ3v) is 4.63. The molecule has 1 aromatic carbocycles. The van der Waals surface area contributed by atoms with E-state index in [1.807, 2.05) is 43.3 Å². The highest BCUT2D eigenvalue weighted by molar-refractivity contribution is 5.95. The molecule has 0 saturated heterocycles. The van der Waals surface area contributed by atoms with E-state index in [1.165, 1.54) is 7.11 Å². The van der Waals surface area contributed by atoms with Crippen molar-refractivity contribution in [3.63, 3.8) is 0 Å². The number of amides is 1. The van der Waals surface area contributed by atoms with E-state index in [9.17, 15) is 9.59 Å². The van der Waals surface area contributed by atoms with Crippen LogP contribution in [0.2, 0.25) is 0 Å². The van der Waals surface area contributed by atoms with E-state index in [0.29, 0.717) is 11.5 Å². The normalized spacial score (nSPS) is 15.8. The number of anilines is 1. The molecule has 3 aromatic rings. The van der Waals surface area contributed by atoms with E-state index in [1.54, 1.807) is 16.8 Å². The van der Waals surface area contributed by atoms with Gasteiger partial charge in [-0.3, -0.25) is 4.79 Å². The fourth-order valence-electron chi connectivity index (χ4n) is 3.42. The number of pyridine rings is 1. The lowest BCUT2D eigenvalue weighted by Crippen LogP contribution is -2.25. The van der Waals surface area contributed by atoms with E-state index >= 15 is 0 Å². The molecule has 0 spiro atoms. The number of esters is 1. The van der Waals surface area contributed by atoms with Crippen LogP contribution < -0.4 is 5.32 Å². The number of nitrogens with zero attached hydrogens (tertiary/aromatic N) is 3. The number of aryl methyl sites for hydroxylation is 1. The summed E-state index contributed by atoms with van der Waals surface area (Å²) in [6.07, 6.45) is 0.242. The van der Waals surface area contributed by atoms with Gasteiger partial charge in [0.25, 0.3) is 0 Å². The summed E-state index contributed by atoms with van der Waals surface area (Å²) in [6.45, 7) is 1.91. The first-order valence-electron chi connectivity index (χ1n) is 8.58. The smallest absolute Gasteiger partial charge is 0.356 e. The van der Waals surface area contributed by atoms with E-state index < -0.39 is 5.97 Å². The number of carbonyl (C=O) groups excluding carboxylic acids is 2. The van der Waals surface area contributed by atoms with E-state index in [4.69, 9.17) is 4.74 Å². The van der Waals surface area contributed by atoms with E-state index in [-0.39, 0.29) is 23.9 Å². The predicted molar refractivity (Wildman–Crippen MR) is 99.0 cm³/mol. The van der Waals surface area contributed by atoms with Gasteiger partial charge in [-0.15, -0.1) is 0 Å². The van der Waals surface area contributed by atoms with Crippen molar-refractivity contribution in [3.8, 4) is 5.69 Å². The monoisotopic (exact) mass is 362 g/mol. The minimum Gasteiger partial charge on any atom is -0.464 e. The third kappa shape index (κ3) is 2.97. The molecule has 1 aliphatic rings. The maximum absolute atomic E-state index is 12.4. The highest BCUT2D eigenvalue weighted by Crippen LogP contribution is 2.39. The Morgan fingerprint density at radius 1 is 1.19 bits per heavy atom. The van der Waals surface area contributed by atoms with Gasteiger partial charge in [-0.25, -0.2) is 14.5 Å². The zero-order valence-electron chi connectivity index (χ0n) is 15.0. The Morgan fingerprint density at radius 3 is 2.70 bits per heavy atom. The Kier molecular flexibility index (Phi) is 4.19. The number of hydrogen-bond acceptors (Lipinski definition) is 5. The van der Waals surface area contributed by atoms with Gasteiger partial charge in [-0.05, 0) is 31.2 Å². The molecule has 0 bridgehead atoms. The van der Waals surface area contributed by atoms with Crippen LogP contribution in [0.15, 0.2) is 48.5 Å². The molecule has 136 valence electrons. The molecule has 0 aliphatic carbocycles. The van der Waals surface area contributed by atoms with Crippen LogP contribution in [0.3, 0.4) is 0 Å². The summed E-state index contributed by atoms with van der Waals surface area (Å²) in [5, 5.41) is 7.57. The highest BCUT2D eigenvalue weighted by atomic mass is 16.5. The van der Waals surface area contributed by atoms with Crippen molar-refractivity contribution in [2.45, 2.75) is 19.3 Å². The van der Waals surface area contributed by atoms with Gasteiger partial charge >= 0.3 is 5.97 Å². The van der Waals surface area contributed by atoms with Gasteiger partial charge in [-0.2, -0.15) is 5.10 Å². The standard InChI is InChI=1S/C20H18N4O3/c1-12-18-14(15-9-6-10-16(21-15)20(26)27-2)11-17(25)22-19(18)24(23-12)13-7-4-3-5-8-13/h3-10,14H,11H2,1-2H3,(H,22,25). The third-order valence-electron chi connectivity index (χ3n) is 4.63. The number of fused-ring (bicyclic) bond motifs is 1. The van der Waals surface area contributed by atoms with Crippen LogP contribution in [0.1, 0.15) is 39.8 Å². The average Bonchev–Trinajstić information content (AvgIpc) is 3.04. The Morgan fingerprint density at radius 2 is 1.96 bits per heavy atom. The van der Waals surface area contributed by atoms with Gasteiger partial charge in [0.15, 0.2) is 0 Å². The molecule has 4 rings (SSSR count). The van der Waals surface area contributed by atoms with Crippen molar-refractivity contribution in [2.24, 2.45) is 0 Å². The summed E-state index contributed by atoms with van der Waals surface area (Å²) >= 11 is 0. The van der Waals surface area contributed by atoms with Crippen molar-refractivity contribution in [1.29, 1.82) is 0 Å². The number of para-hydroxylation sites is 1. The van der Waals surface area contributed by atoms with Gasteiger partial charge in [-0.1, -0.05) is 24.3 Å². The molecule has 3 heterocycles. The summed E-state index contributed by atoms with van der Waals surface area (Å²) in [5.41, 5.74) is 3.44. The summed E-state index contributed by atoms with van der Waals surface area (Å²) in [6, 6.07) is 14.8. The van der Waals surface area contributed by atoms with Crippen LogP contribution in [0.25, 0.3) is 5.69 Å². The molecule has 0 fully saturated rings. The fraction of sp³-hybridized carbons (Fsp3) is 0.200. The van der Waals surface area contributed by atoms with Crippen LogP contribution in [-0.4, -0.2) is 33.8 Å². The largest absolute Gasteiger partial charge is 0.464 e. The fourth-order valence-corrected chi connectivity index (χ4v) is 3.42. The van der Waals surface area contributed by atoms with Crippen LogP contribution in [0, 0.1) is 6.92 Å². The second kappa shape index (κ2) is 6.68. The first-order chi connectivity index (χ1) is 13.1. The minimum absolute atomic E-state index is 0.116. The number of benzene rings is 1. The Bertz CT molecular complexity index is 1030. The lowest BCUT2D eigenvalue weighted by atomic mass is 9.88. The van der Waals surface area contributed by atoms with Crippen molar-refractivity contribution >= 4 is 17.7 Å². The summed E-state index contributed by atoms with van der Waals surface area (Å²) in [5.74, 6) is -0.259. The van der Waals surface area contributed by atoms with Gasteiger partial charge < -0.3 is 10.1 Å². The van der Waals surface area contributed by atoms with Crippen molar-refractivity contribution in [1.82, 2.24) is 14.8 Å². The van der Waals surface area contributed by atoms with E-state index in [0.717, 1.165) is 16.9 Å². The number of carbonyl (C=O) groups is 2. The molecule has 1 N–H and O–H groups in total. The second-order valence-electron chi connectivity index (χ2n) is 6.34. The SMILES string of the molecule is COC(=O)c1cccc(C2CC(=O)Nc3c2c(C)nn3-c2ccccc2)n1. The van der Waals surface area contributed by atoms with Gasteiger partial charge in [0.1, 0.15) is 11.5 Å². The zero-order chi connectivity index (χ0) is 19.0. The highest BCUT2D eigenvalue weighted by Gasteiger charge is 2.33. The van der Waals surface area contributed by atoms with Crippen LogP contribution in [0.5, 0.6) is 0 Å². The molecule has 7 heteroatoms. The maximum Gasteiger partial charge on any atom is 0.356 e. The Hall–Kier alpha value is -3.48. The molecule has 0 radical (unpaired) electrons. The first kappa shape index (κ1) is 17.0. The van der Waals surface area contributed by atoms with Gasteiger partial charge in [0.2, 0.25) is 5.91 Å². The Labute approximate surface area is 156 Å². The van der Waals surface area contributed by atoms with Gasteiger partial charge in [0.05, 0.1) is 18.5 Å². The number of rotatable bonds is 3. The average molecular weight is 362 g/mol. The number of ether oxygens (including phenoxy) is 1. The minimum atomic E-state index is -0.506.